The van der Waals surface area contributed by atoms with Crippen LogP contribution in [0.4, 0.5) is 10.1 Å². The van der Waals surface area contributed by atoms with Crippen molar-refractivity contribution in [2.75, 3.05) is 12.3 Å². The molecule has 0 aliphatic carbocycles. The third-order valence-electron chi connectivity index (χ3n) is 2.01. The van der Waals surface area contributed by atoms with Gasteiger partial charge in [0.2, 0.25) is 0 Å². The molecule has 2 bridgehead atoms. The summed E-state index contributed by atoms with van der Waals surface area (Å²) >= 11 is 0. The minimum atomic E-state index is -3.49. The van der Waals surface area contributed by atoms with Crippen molar-refractivity contribution in [3.05, 3.63) is 24.0 Å². The first-order valence-corrected chi connectivity index (χ1v) is 5.70. The second kappa shape index (κ2) is 3.16. The fourth-order valence-corrected chi connectivity index (χ4v) is 2.23. The van der Waals surface area contributed by atoms with E-state index in [1.807, 2.05) is 0 Å². The number of hydrazine groups is 1. The van der Waals surface area contributed by atoms with Crippen molar-refractivity contribution in [1.29, 1.82) is 0 Å². The van der Waals surface area contributed by atoms with Gasteiger partial charge in [-0.05, 0) is 12.1 Å². The molecule has 0 spiro atoms. The van der Waals surface area contributed by atoms with E-state index in [2.05, 4.69) is 9.25 Å². The number of phosphoric acid groups is 1. The minimum Gasteiger partial charge on any atom is -0.494 e. The third kappa shape index (κ3) is 1.32. The van der Waals surface area contributed by atoms with Gasteiger partial charge in [-0.3, -0.25) is 0 Å². The Morgan fingerprint density at radius 2 is 2.12 bits per heavy atom. The third-order valence-corrected chi connectivity index (χ3v) is 3.05. The van der Waals surface area contributed by atoms with Crippen LogP contribution in [0.3, 0.4) is 0 Å². The highest BCUT2D eigenvalue weighted by atomic mass is 31.2. The summed E-state index contributed by atoms with van der Waals surface area (Å²) in [7, 11) is -2.08. The second-order valence-corrected chi connectivity index (χ2v) is 4.40. The Morgan fingerprint density at radius 3 is 2.69 bits per heavy atom. The molecule has 0 atom stereocenters. The molecule has 0 radical (unpaired) electrons. The summed E-state index contributed by atoms with van der Waals surface area (Å²) < 4.78 is 43.4. The number of hydrogen-bond donors (Lipinski definition) is 0. The molecule has 0 N–H and O–H groups in total. The number of fused-ring (bicyclic) bond motifs is 1. The van der Waals surface area contributed by atoms with Crippen molar-refractivity contribution in [1.82, 2.24) is 5.34 Å². The van der Waals surface area contributed by atoms with Gasteiger partial charge in [0.15, 0.2) is 0 Å². The van der Waals surface area contributed by atoms with E-state index in [0.717, 1.165) is 16.6 Å². The van der Waals surface area contributed by atoms with Crippen LogP contribution in [0.1, 0.15) is 0 Å². The molecule has 0 aromatic heterocycles. The van der Waals surface area contributed by atoms with E-state index in [1.165, 1.54) is 19.2 Å². The first-order valence-electron chi connectivity index (χ1n) is 4.24. The van der Waals surface area contributed by atoms with Gasteiger partial charge in [0, 0.05) is 6.07 Å². The smallest absolute Gasteiger partial charge is 0.494 e. The molecule has 3 saturated heterocycles. The average Bonchev–Trinajstić information content (AvgIpc) is 2.71. The number of ether oxygens (including phenoxy) is 1. The monoisotopic (exact) mass is 248 g/mol. The standard InChI is InChI=1S/C7H6FN2O5P/c1-12-7-3-2-5(8)4-6(7)9-10-14-16(11,13-9)15-10/h2-4H,1H3. The lowest BCUT2D eigenvalue weighted by atomic mass is 10.3. The number of halogens is 1. The van der Waals surface area contributed by atoms with E-state index in [9.17, 15) is 8.96 Å². The maximum absolute atomic E-state index is 13.1. The van der Waals surface area contributed by atoms with Gasteiger partial charge in [-0.25, -0.2) is 8.96 Å². The summed E-state index contributed by atoms with van der Waals surface area (Å²) in [5.74, 6) is -0.170. The lowest BCUT2D eigenvalue weighted by Crippen LogP contribution is -2.34. The Bertz CT molecular complexity index is 488. The van der Waals surface area contributed by atoms with Crippen molar-refractivity contribution in [2.24, 2.45) is 0 Å². The van der Waals surface area contributed by atoms with Crippen molar-refractivity contribution in [3.63, 3.8) is 0 Å². The molecule has 1 aromatic carbocycles. The lowest BCUT2D eigenvalue weighted by molar-refractivity contribution is -0.318. The van der Waals surface area contributed by atoms with Gasteiger partial charge in [0.05, 0.1) is 12.4 Å². The van der Waals surface area contributed by atoms with Gasteiger partial charge in [-0.15, -0.1) is 19.0 Å². The maximum atomic E-state index is 13.1. The molecule has 86 valence electrons. The molecule has 9 heteroatoms. The van der Waals surface area contributed by atoms with Crippen LogP contribution in [0.25, 0.3) is 0 Å². The molecule has 0 amide bonds. The van der Waals surface area contributed by atoms with Gasteiger partial charge >= 0.3 is 7.82 Å². The van der Waals surface area contributed by atoms with Gasteiger partial charge in [0.1, 0.15) is 17.3 Å². The number of benzene rings is 1. The van der Waals surface area contributed by atoms with E-state index in [4.69, 9.17) is 9.36 Å². The molecule has 3 aliphatic rings. The van der Waals surface area contributed by atoms with Crippen molar-refractivity contribution in [3.8, 4) is 5.75 Å². The van der Waals surface area contributed by atoms with E-state index in [0.29, 0.717) is 5.75 Å². The number of rotatable bonds is 2. The van der Waals surface area contributed by atoms with E-state index in [-0.39, 0.29) is 5.69 Å². The Balaban J connectivity index is 2.00. The topological polar surface area (TPSA) is 60.5 Å². The molecular formula is C7H6FN2O5P. The Morgan fingerprint density at radius 1 is 1.38 bits per heavy atom. The Labute approximate surface area is 89.3 Å². The van der Waals surface area contributed by atoms with Crippen molar-refractivity contribution in [2.45, 2.75) is 0 Å². The summed E-state index contributed by atoms with van der Waals surface area (Å²) in [5.41, 5.74) is 0.192. The normalized spacial score (nSPS) is 31.4. The van der Waals surface area contributed by atoms with Gasteiger partial charge in [0.25, 0.3) is 0 Å². The number of anilines is 1. The predicted octanol–water partition coefficient (Wildman–Crippen LogP) is 1.79. The van der Waals surface area contributed by atoms with Crippen LogP contribution in [-0.4, -0.2) is 12.4 Å². The minimum absolute atomic E-state index is 0.192. The largest absolute Gasteiger partial charge is 0.538 e. The quantitative estimate of drug-likeness (QED) is 0.739. The highest BCUT2D eigenvalue weighted by Gasteiger charge is 2.60. The van der Waals surface area contributed by atoms with Crippen LogP contribution in [0.5, 0.6) is 5.75 Å². The summed E-state index contributed by atoms with van der Waals surface area (Å²) in [6.07, 6.45) is 0. The molecule has 0 saturated carbocycles. The van der Waals surface area contributed by atoms with Crippen LogP contribution in [-0.2, 0) is 18.4 Å². The molecule has 3 aliphatic heterocycles. The zero-order valence-corrected chi connectivity index (χ0v) is 8.89. The molecule has 3 heterocycles. The summed E-state index contributed by atoms with van der Waals surface area (Å²) in [4.78, 5) is 0. The SMILES string of the molecule is COc1ccc(F)cc1N1OP2(=O)ON1O2. The first-order chi connectivity index (χ1) is 7.61. The molecular weight excluding hydrogens is 242 g/mol. The van der Waals surface area contributed by atoms with Gasteiger partial charge in [-0.2, -0.15) is 0 Å². The van der Waals surface area contributed by atoms with E-state index in [1.54, 1.807) is 0 Å². The van der Waals surface area contributed by atoms with Crippen LogP contribution < -0.4 is 9.91 Å². The molecule has 1 aromatic rings. The van der Waals surface area contributed by atoms with Crippen LogP contribution in [0.2, 0.25) is 0 Å². The highest BCUT2D eigenvalue weighted by Crippen LogP contribution is 2.67. The van der Waals surface area contributed by atoms with Gasteiger partial charge < -0.3 is 4.74 Å². The zero-order valence-electron chi connectivity index (χ0n) is 7.99. The predicted molar refractivity (Wildman–Crippen MR) is 48.1 cm³/mol. The van der Waals surface area contributed by atoms with Crippen LogP contribution in [0, 0.1) is 5.82 Å². The van der Waals surface area contributed by atoms with E-state index < -0.39 is 13.6 Å². The Kier molecular flexibility index (Phi) is 1.97. The fourth-order valence-electron chi connectivity index (χ4n) is 1.34. The van der Waals surface area contributed by atoms with Crippen LogP contribution >= 0.6 is 7.82 Å². The van der Waals surface area contributed by atoms with Crippen molar-refractivity contribution < 1.29 is 27.6 Å². The first kappa shape index (κ1) is 10.0. The lowest BCUT2D eigenvalue weighted by Gasteiger charge is -2.22. The fraction of sp³-hybridized carbons (Fsp3) is 0.143. The van der Waals surface area contributed by atoms with Crippen molar-refractivity contribution >= 4 is 13.5 Å². The van der Waals surface area contributed by atoms with Gasteiger partial charge in [-0.1, -0.05) is 0 Å². The molecule has 16 heavy (non-hydrogen) atoms. The molecule has 3 fully saturated rings. The molecule has 4 rings (SSSR count). The number of methoxy groups -OCH3 is 1. The number of nitrogens with zero attached hydrogens (tertiary/aromatic N) is 2. The summed E-state index contributed by atoms with van der Waals surface area (Å²) in [5, 5.41) is 1.67. The summed E-state index contributed by atoms with van der Waals surface area (Å²) in [6, 6.07) is 3.77. The average molecular weight is 248 g/mol. The maximum Gasteiger partial charge on any atom is 0.538 e. The Hall–Kier alpha value is -1.18. The molecule has 7 nitrogen and oxygen atoms in total. The zero-order chi connectivity index (χ0) is 11.3. The molecule has 0 unspecified atom stereocenters. The summed E-state index contributed by atoms with van der Waals surface area (Å²) in [6.45, 7) is 0. The highest BCUT2D eigenvalue weighted by molar-refractivity contribution is 7.49. The number of hydrogen-bond acceptors (Lipinski definition) is 7. The second-order valence-electron chi connectivity index (χ2n) is 3.02. The van der Waals surface area contributed by atoms with Crippen LogP contribution in [0.15, 0.2) is 18.2 Å². The van der Waals surface area contributed by atoms with E-state index >= 15 is 0 Å².